The van der Waals surface area contributed by atoms with Crippen molar-refractivity contribution in [2.24, 2.45) is 0 Å². The van der Waals surface area contributed by atoms with Gasteiger partial charge >= 0.3 is 5.97 Å². The standard InChI is InChI=1S/C18H14ClF2NO3/c19-12-4-3-11-5-6-22(16(11)8-12)13-9-14(20)18(15(21)10-13)25-7-1-2-17(23)24/h3-6,8-10H,1-2,7H2,(H,23,24). The zero-order valence-electron chi connectivity index (χ0n) is 13.0. The van der Waals surface area contributed by atoms with Crippen LogP contribution in [0.1, 0.15) is 12.8 Å². The minimum atomic E-state index is -0.988. The second-order valence-corrected chi connectivity index (χ2v) is 5.91. The highest BCUT2D eigenvalue weighted by Gasteiger charge is 2.15. The van der Waals surface area contributed by atoms with Crippen molar-refractivity contribution in [2.45, 2.75) is 12.8 Å². The van der Waals surface area contributed by atoms with Gasteiger partial charge in [-0.05, 0) is 24.6 Å². The lowest BCUT2D eigenvalue weighted by Gasteiger charge is -2.11. The predicted octanol–water partition coefficient (Wildman–Crippen LogP) is 4.81. The molecule has 0 radical (unpaired) electrons. The molecule has 0 atom stereocenters. The van der Waals surface area contributed by atoms with Crippen molar-refractivity contribution in [3.63, 3.8) is 0 Å². The lowest BCUT2D eigenvalue weighted by atomic mass is 10.2. The van der Waals surface area contributed by atoms with Crippen LogP contribution in [-0.2, 0) is 4.79 Å². The van der Waals surface area contributed by atoms with Crippen LogP contribution in [0.15, 0.2) is 42.6 Å². The molecule has 7 heteroatoms. The molecular formula is C18H14ClF2NO3. The molecule has 1 heterocycles. The summed E-state index contributed by atoms with van der Waals surface area (Å²) < 4.78 is 35.2. The van der Waals surface area contributed by atoms with E-state index in [-0.39, 0.29) is 19.4 Å². The average Bonchev–Trinajstić information content (AvgIpc) is 2.96. The van der Waals surface area contributed by atoms with Gasteiger partial charge in [0.2, 0.25) is 0 Å². The van der Waals surface area contributed by atoms with Gasteiger partial charge in [-0.2, -0.15) is 0 Å². The Bertz CT molecular complexity index is 916. The predicted molar refractivity (Wildman–Crippen MR) is 90.6 cm³/mol. The monoisotopic (exact) mass is 365 g/mol. The summed E-state index contributed by atoms with van der Waals surface area (Å²) in [4.78, 5) is 10.4. The van der Waals surface area contributed by atoms with E-state index in [0.29, 0.717) is 10.7 Å². The van der Waals surface area contributed by atoms with Crippen molar-refractivity contribution in [1.29, 1.82) is 0 Å². The molecule has 0 aliphatic heterocycles. The molecule has 0 amide bonds. The van der Waals surface area contributed by atoms with Gasteiger partial charge in [-0.15, -0.1) is 0 Å². The van der Waals surface area contributed by atoms with Gasteiger partial charge in [0.15, 0.2) is 17.4 Å². The van der Waals surface area contributed by atoms with E-state index in [9.17, 15) is 13.6 Å². The van der Waals surface area contributed by atoms with Crippen molar-refractivity contribution in [1.82, 2.24) is 4.57 Å². The van der Waals surface area contributed by atoms with Crippen LogP contribution < -0.4 is 4.74 Å². The van der Waals surface area contributed by atoms with Gasteiger partial charge in [-0.3, -0.25) is 4.79 Å². The summed E-state index contributed by atoms with van der Waals surface area (Å²) in [6.07, 6.45) is 1.73. The SMILES string of the molecule is O=C(O)CCCOc1c(F)cc(-n2ccc3ccc(Cl)cc32)cc1F. The van der Waals surface area contributed by atoms with Crippen molar-refractivity contribution in [3.05, 3.63) is 59.3 Å². The molecule has 25 heavy (non-hydrogen) atoms. The Morgan fingerprint density at radius 1 is 1.16 bits per heavy atom. The fourth-order valence-electron chi connectivity index (χ4n) is 2.55. The van der Waals surface area contributed by atoms with E-state index >= 15 is 0 Å². The summed E-state index contributed by atoms with van der Waals surface area (Å²) in [6.45, 7) is -0.0818. The normalized spacial score (nSPS) is 11.0. The Kier molecular flexibility index (Phi) is 4.90. The molecule has 1 N–H and O–H groups in total. The topological polar surface area (TPSA) is 51.5 Å². The van der Waals surface area contributed by atoms with Gasteiger partial charge in [-0.25, -0.2) is 8.78 Å². The number of aliphatic carboxylic acids is 1. The first-order chi connectivity index (χ1) is 12.0. The van der Waals surface area contributed by atoms with Crippen LogP contribution in [-0.4, -0.2) is 22.2 Å². The van der Waals surface area contributed by atoms with Crippen LogP contribution in [0, 0.1) is 11.6 Å². The molecule has 0 aliphatic carbocycles. The molecular weight excluding hydrogens is 352 g/mol. The maximum atomic E-state index is 14.2. The molecule has 0 saturated carbocycles. The summed E-state index contributed by atoms with van der Waals surface area (Å²) in [5.41, 5.74) is 1.02. The van der Waals surface area contributed by atoms with Crippen LogP contribution >= 0.6 is 11.6 Å². The molecule has 4 nitrogen and oxygen atoms in total. The van der Waals surface area contributed by atoms with Crippen molar-refractivity contribution >= 4 is 28.5 Å². The molecule has 3 rings (SSSR count). The van der Waals surface area contributed by atoms with E-state index < -0.39 is 23.4 Å². The third-order valence-corrected chi connectivity index (χ3v) is 3.93. The minimum Gasteiger partial charge on any atom is -0.488 e. The molecule has 0 unspecified atom stereocenters. The maximum absolute atomic E-state index is 14.2. The quantitative estimate of drug-likeness (QED) is 0.638. The summed E-state index contributed by atoms with van der Waals surface area (Å²) in [5, 5.41) is 9.96. The third kappa shape index (κ3) is 3.74. The highest BCUT2D eigenvalue weighted by Crippen LogP contribution is 2.29. The van der Waals surface area contributed by atoms with Crippen LogP contribution in [0.4, 0.5) is 8.78 Å². The highest BCUT2D eigenvalue weighted by atomic mass is 35.5. The Morgan fingerprint density at radius 3 is 2.56 bits per heavy atom. The van der Waals surface area contributed by atoms with Crippen LogP contribution in [0.3, 0.4) is 0 Å². The zero-order valence-corrected chi connectivity index (χ0v) is 13.8. The Hall–Kier alpha value is -2.60. The summed E-state index contributed by atoms with van der Waals surface area (Å²) in [5.74, 6) is -3.20. The molecule has 0 bridgehead atoms. The van der Waals surface area contributed by atoms with E-state index in [4.69, 9.17) is 21.4 Å². The Morgan fingerprint density at radius 2 is 1.88 bits per heavy atom. The van der Waals surface area contributed by atoms with Gasteiger partial charge in [0.1, 0.15) is 0 Å². The van der Waals surface area contributed by atoms with Crippen molar-refractivity contribution in [2.75, 3.05) is 6.61 Å². The molecule has 0 aliphatic rings. The smallest absolute Gasteiger partial charge is 0.303 e. The zero-order chi connectivity index (χ0) is 18.0. The second-order valence-electron chi connectivity index (χ2n) is 5.47. The molecule has 0 spiro atoms. The first kappa shape index (κ1) is 17.2. The maximum Gasteiger partial charge on any atom is 0.303 e. The van der Waals surface area contributed by atoms with E-state index in [1.807, 2.05) is 12.1 Å². The van der Waals surface area contributed by atoms with Crippen LogP contribution in [0.2, 0.25) is 5.02 Å². The molecule has 130 valence electrons. The minimum absolute atomic E-state index is 0.0818. The Labute approximate surface area is 147 Å². The number of benzene rings is 2. The number of rotatable bonds is 6. The number of nitrogens with zero attached hydrogens (tertiary/aromatic N) is 1. The molecule has 0 fully saturated rings. The molecule has 3 aromatic rings. The number of aromatic nitrogens is 1. The first-order valence-corrected chi connectivity index (χ1v) is 7.94. The number of fused-ring (bicyclic) bond motifs is 1. The number of carboxylic acids is 1. The van der Waals surface area contributed by atoms with Crippen LogP contribution in [0.25, 0.3) is 16.6 Å². The van der Waals surface area contributed by atoms with Crippen LogP contribution in [0.5, 0.6) is 5.75 Å². The van der Waals surface area contributed by atoms with E-state index in [1.54, 1.807) is 22.9 Å². The Balaban J connectivity index is 1.88. The third-order valence-electron chi connectivity index (χ3n) is 3.70. The average molecular weight is 366 g/mol. The molecule has 2 aromatic carbocycles. The summed E-state index contributed by atoms with van der Waals surface area (Å²) in [6, 6.07) is 9.41. The van der Waals surface area contributed by atoms with Gasteiger partial charge < -0.3 is 14.4 Å². The van der Waals surface area contributed by atoms with Crippen molar-refractivity contribution < 1.29 is 23.4 Å². The lowest BCUT2D eigenvalue weighted by molar-refractivity contribution is -0.137. The largest absolute Gasteiger partial charge is 0.488 e. The fraction of sp³-hybridized carbons (Fsp3) is 0.167. The van der Waals surface area contributed by atoms with Gasteiger partial charge in [-0.1, -0.05) is 17.7 Å². The number of carboxylic acid groups (broad SMARTS) is 1. The number of carbonyl (C=O) groups is 1. The number of halogens is 3. The number of hydrogen-bond donors (Lipinski definition) is 1. The van der Waals surface area contributed by atoms with Gasteiger partial charge in [0.05, 0.1) is 17.8 Å². The van der Waals surface area contributed by atoms with Gasteiger partial charge in [0, 0.05) is 35.2 Å². The van der Waals surface area contributed by atoms with E-state index in [2.05, 4.69) is 0 Å². The number of hydrogen-bond acceptors (Lipinski definition) is 2. The van der Waals surface area contributed by atoms with E-state index in [1.165, 1.54) is 0 Å². The molecule has 1 aromatic heterocycles. The fourth-order valence-corrected chi connectivity index (χ4v) is 2.71. The molecule has 0 saturated heterocycles. The van der Waals surface area contributed by atoms with Crippen molar-refractivity contribution in [3.8, 4) is 11.4 Å². The second kappa shape index (κ2) is 7.11. The first-order valence-electron chi connectivity index (χ1n) is 7.56. The summed E-state index contributed by atoms with van der Waals surface area (Å²) >= 11 is 5.99. The lowest BCUT2D eigenvalue weighted by Crippen LogP contribution is -2.05. The number of ether oxygens (including phenoxy) is 1. The van der Waals surface area contributed by atoms with E-state index in [0.717, 1.165) is 23.0 Å². The highest BCUT2D eigenvalue weighted by molar-refractivity contribution is 6.31. The van der Waals surface area contributed by atoms with Gasteiger partial charge in [0.25, 0.3) is 0 Å². The summed E-state index contributed by atoms with van der Waals surface area (Å²) in [7, 11) is 0.